The van der Waals surface area contributed by atoms with Crippen LogP contribution < -0.4 is 9.47 Å². The second kappa shape index (κ2) is 9.66. The smallest absolute Gasteiger partial charge is 0.295 e. The van der Waals surface area contributed by atoms with E-state index in [-0.39, 0.29) is 30.6 Å². The Morgan fingerprint density at radius 2 is 1.74 bits per heavy atom. The Hall–Kier alpha value is -3.32. The lowest BCUT2D eigenvalue weighted by Gasteiger charge is -2.26. The summed E-state index contributed by atoms with van der Waals surface area (Å²) in [6.07, 6.45) is 0.0103. The molecular formula is C24H27NO6. The van der Waals surface area contributed by atoms with E-state index in [1.807, 2.05) is 13.8 Å². The number of carbonyl (C=O) groups excluding carboxylic acids is 2. The van der Waals surface area contributed by atoms with E-state index in [1.54, 1.807) is 48.5 Å². The Morgan fingerprint density at radius 1 is 1.06 bits per heavy atom. The number of hydrogen-bond acceptors (Lipinski definition) is 6. The van der Waals surface area contributed by atoms with Crippen molar-refractivity contribution in [1.29, 1.82) is 0 Å². The van der Waals surface area contributed by atoms with Gasteiger partial charge in [0.1, 0.15) is 17.3 Å². The third-order valence-corrected chi connectivity index (χ3v) is 5.01. The van der Waals surface area contributed by atoms with E-state index < -0.39 is 17.7 Å². The van der Waals surface area contributed by atoms with Gasteiger partial charge in [0, 0.05) is 24.8 Å². The van der Waals surface area contributed by atoms with Crippen molar-refractivity contribution in [3.8, 4) is 11.5 Å². The quantitative estimate of drug-likeness (QED) is 0.396. The van der Waals surface area contributed by atoms with Crippen LogP contribution in [0.15, 0.2) is 54.1 Å². The van der Waals surface area contributed by atoms with Gasteiger partial charge in [-0.3, -0.25) is 9.59 Å². The number of ether oxygens (including phenoxy) is 3. The predicted octanol–water partition coefficient (Wildman–Crippen LogP) is 3.55. The Bertz CT molecular complexity index is 980. The highest BCUT2D eigenvalue weighted by Crippen LogP contribution is 2.42. The number of hydrogen-bond donors (Lipinski definition) is 1. The monoisotopic (exact) mass is 425 g/mol. The maximum atomic E-state index is 13.0. The molecule has 1 N–H and O–H groups in total. The first-order chi connectivity index (χ1) is 14.9. The van der Waals surface area contributed by atoms with Gasteiger partial charge >= 0.3 is 0 Å². The molecule has 0 radical (unpaired) electrons. The molecule has 0 spiro atoms. The molecule has 0 aromatic heterocycles. The van der Waals surface area contributed by atoms with Crippen molar-refractivity contribution < 1.29 is 28.9 Å². The summed E-state index contributed by atoms with van der Waals surface area (Å²) in [5.41, 5.74) is 1.05. The zero-order valence-electron chi connectivity index (χ0n) is 18.1. The van der Waals surface area contributed by atoms with Crippen molar-refractivity contribution in [2.24, 2.45) is 0 Å². The molecule has 1 aliphatic heterocycles. The molecule has 2 aromatic rings. The number of likely N-dealkylation sites (tertiary alicyclic amines) is 1. The number of methoxy groups -OCH3 is 2. The highest BCUT2D eigenvalue weighted by molar-refractivity contribution is 6.46. The first-order valence-electron chi connectivity index (χ1n) is 10.1. The van der Waals surface area contributed by atoms with Crippen LogP contribution in [0.3, 0.4) is 0 Å². The number of carbonyl (C=O) groups is 2. The largest absolute Gasteiger partial charge is 0.507 e. The Kier molecular flexibility index (Phi) is 6.97. The minimum Gasteiger partial charge on any atom is -0.507 e. The molecule has 0 aliphatic carbocycles. The number of aliphatic hydroxyl groups is 1. The maximum Gasteiger partial charge on any atom is 0.295 e. The minimum absolute atomic E-state index is 0.0103. The number of amides is 1. The van der Waals surface area contributed by atoms with Crippen molar-refractivity contribution in [1.82, 2.24) is 4.90 Å². The van der Waals surface area contributed by atoms with E-state index in [0.29, 0.717) is 22.6 Å². The van der Waals surface area contributed by atoms with Gasteiger partial charge in [0.15, 0.2) is 0 Å². The van der Waals surface area contributed by atoms with Gasteiger partial charge < -0.3 is 24.2 Å². The van der Waals surface area contributed by atoms with Crippen LogP contribution in [-0.2, 0) is 14.3 Å². The van der Waals surface area contributed by atoms with E-state index in [0.717, 1.165) is 0 Å². The van der Waals surface area contributed by atoms with Gasteiger partial charge in [0.2, 0.25) is 0 Å². The van der Waals surface area contributed by atoms with Gasteiger partial charge in [0.05, 0.1) is 31.4 Å². The molecule has 1 unspecified atom stereocenters. The van der Waals surface area contributed by atoms with Crippen LogP contribution in [0.25, 0.3) is 5.76 Å². The second-order valence-electron chi connectivity index (χ2n) is 7.42. The van der Waals surface area contributed by atoms with Crippen LogP contribution in [0.1, 0.15) is 31.0 Å². The third kappa shape index (κ3) is 4.56. The molecule has 0 bridgehead atoms. The molecule has 1 aliphatic rings. The summed E-state index contributed by atoms with van der Waals surface area (Å²) in [4.78, 5) is 27.2. The first-order valence-corrected chi connectivity index (χ1v) is 10.1. The van der Waals surface area contributed by atoms with E-state index in [4.69, 9.17) is 14.2 Å². The van der Waals surface area contributed by atoms with Gasteiger partial charge in [-0.2, -0.15) is 0 Å². The van der Waals surface area contributed by atoms with Crippen LogP contribution in [0.5, 0.6) is 11.5 Å². The Labute approximate surface area is 181 Å². The highest BCUT2D eigenvalue weighted by Gasteiger charge is 2.46. The summed E-state index contributed by atoms with van der Waals surface area (Å²) in [6.45, 7) is 4.28. The van der Waals surface area contributed by atoms with Crippen molar-refractivity contribution >= 4 is 17.4 Å². The summed E-state index contributed by atoms with van der Waals surface area (Å²) in [6, 6.07) is 13.1. The lowest BCUT2D eigenvalue weighted by Crippen LogP contribution is -2.32. The van der Waals surface area contributed by atoms with Gasteiger partial charge in [-0.05, 0) is 44.2 Å². The van der Waals surface area contributed by atoms with Crippen molar-refractivity contribution in [2.45, 2.75) is 26.0 Å². The van der Waals surface area contributed by atoms with Crippen LogP contribution in [-0.4, -0.2) is 55.2 Å². The molecular weight excluding hydrogens is 398 g/mol. The minimum atomic E-state index is -0.794. The lowest BCUT2D eigenvalue weighted by molar-refractivity contribution is -0.140. The normalized spacial score (nSPS) is 18.0. The number of nitrogens with zero attached hydrogens (tertiary/aromatic N) is 1. The molecule has 31 heavy (non-hydrogen) atoms. The van der Waals surface area contributed by atoms with Crippen molar-refractivity contribution in [3.63, 3.8) is 0 Å². The van der Waals surface area contributed by atoms with Crippen LogP contribution >= 0.6 is 0 Å². The fourth-order valence-corrected chi connectivity index (χ4v) is 3.63. The fourth-order valence-electron chi connectivity index (χ4n) is 3.63. The molecule has 0 saturated carbocycles. The summed E-state index contributed by atoms with van der Waals surface area (Å²) >= 11 is 0. The van der Waals surface area contributed by atoms with Crippen molar-refractivity contribution in [2.75, 3.05) is 27.4 Å². The molecule has 1 amide bonds. The fraction of sp³-hybridized carbons (Fsp3) is 0.333. The topological polar surface area (TPSA) is 85.3 Å². The van der Waals surface area contributed by atoms with E-state index in [1.165, 1.54) is 19.1 Å². The van der Waals surface area contributed by atoms with Crippen LogP contribution in [0.2, 0.25) is 0 Å². The standard InChI is InChI=1S/C24H27NO6/c1-15(2)31-17-11-9-16(10-12-17)22(26)20-21(18-7-5-6-8-19(18)30-4)25(13-14-29-3)24(28)23(20)27/h5-12,15,21,26H,13-14H2,1-4H3. The zero-order chi connectivity index (χ0) is 22.5. The number of ketones is 1. The molecule has 164 valence electrons. The van der Waals surface area contributed by atoms with Crippen molar-refractivity contribution in [3.05, 3.63) is 65.2 Å². The van der Waals surface area contributed by atoms with E-state index in [2.05, 4.69) is 0 Å². The Balaban J connectivity index is 2.12. The summed E-state index contributed by atoms with van der Waals surface area (Å²) in [5, 5.41) is 11.1. The molecule has 7 heteroatoms. The number of Topliss-reactive ketones (excluding diaryl/α,β-unsaturated/α-hetero) is 1. The average Bonchev–Trinajstić information content (AvgIpc) is 3.01. The molecule has 1 fully saturated rings. The molecule has 1 heterocycles. The number of benzene rings is 2. The number of para-hydroxylation sites is 1. The molecule has 3 rings (SSSR count). The predicted molar refractivity (Wildman–Crippen MR) is 116 cm³/mol. The summed E-state index contributed by atoms with van der Waals surface area (Å²) in [5.74, 6) is -0.511. The number of aliphatic hydroxyl groups excluding tert-OH is 1. The summed E-state index contributed by atoms with van der Waals surface area (Å²) < 4.78 is 16.2. The molecule has 2 aromatic carbocycles. The van der Waals surface area contributed by atoms with E-state index in [9.17, 15) is 14.7 Å². The number of rotatable bonds is 8. The molecule has 7 nitrogen and oxygen atoms in total. The van der Waals surface area contributed by atoms with Gasteiger partial charge in [-0.15, -0.1) is 0 Å². The third-order valence-electron chi connectivity index (χ3n) is 5.01. The molecule has 1 saturated heterocycles. The van der Waals surface area contributed by atoms with Crippen LogP contribution in [0.4, 0.5) is 0 Å². The zero-order valence-corrected chi connectivity index (χ0v) is 18.1. The van der Waals surface area contributed by atoms with Crippen LogP contribution in [0, 0.1) is 0 Å². The first kappa shape index (κ1) is 22.4. The maximum absolute atomic E-state index is 13.0. The lowest BCUT2D eigenvalue weighted by atomic mass is 9.94. The van der Waals surface area contributed by atoms with Gasteiger partial charge in [-0.25, -0.2) is 0 Å². The highest BCUT2D eigenvalue weighted by atomic mass is 16.5. The SMILES string of the molecule is COCCN1C(=O)C(=O)C(=C(O)c2ccc(OC(C)C)cc2)C1c1ccccc1OC. The second-order valence-corrected chi connectivity index (χ2v) is 7.42. The van der Waals surface area contributed by atoms with E-state index >= 15 is 0 Å². The summed E-state index contributed by atoms with van der Waals surface area (Å²) in [7, 11) is 3.04. The van der Waals surface area contributed by atoms with Gasteiger partial charge in [-0.1, -0.05) is 18.2 Å². The Morgan fingerprint density at radius 3 is 2.35 bits per heavy atom. The molecule has 1 atom stereocenters. The van der Waals surface area contributed by atoms with Gasteiger partial charge in [0.25, 0.3) is 11.7 Å². The average molecular weight is 425 g/mol.